The molecular formula is C18H31N. The molecule has 0 aromatic rings. The zero-order valence-electron chi connectivity index (χ0n) is 12.5. The van der Waals surface area contributed by atoms with Crippen LogP contribution in [0.5, 0.6) is 0 Å². The average molecular weight is 261 g/mol. The van der Waals surface area contributed by atoms with E-state index in [0.717, 1.165) is 12.3 Å². The van der Waals surface area contributed by atoms with Crippen molar-refractivity contribution in [2.45, 2.75) is 80.1 Å². The molecule has 0 radical (unpaired) electrons. The van der Waals surface area contributed by atoms with Crippen LogP contribution in [0.3, 0.4) is 0 Å². The van der Waals surface area contributed by atoms with Crippen LogP contribution in [0.25, 0.3) is 0 Å². The van der Waals surface area contributed by atoms with Crippen molar-refractivity contribution < 1.29 is 0 Å². The lowest BCUT2D eigenvalue weighted by Gasteiger charge is -2.55. The first kappa shape index (κ1) is 16.3. The van der Waals surface area contributed by atoms with Crippen molar-refractivity contribution in [1.82, 2.24) is 0 Å². The zero-order chi connectivity index (χ0) is 13.4. The quantitative estimate of drug-likeness (QED) is 0.570. The molecule has 0 N–H and O–H groups in total. The van der Waals surface area contributed by atoms with E-state index in [1.54, 1.807) is 5.57 Å². The Morgan fingerprint density at radius 3 is 2.53 bits per heavy atom. The van der Waals surface area contributed by atoms with Gasteiger partial charge in [-0.3, -0.25) is 0 Å². The van der Waals surface area contributed by atoms with E-state index in [9.17, 15) is 5.26 Å². The summed E-state index contributed by atoms with van der Waals surface area (Å²) in [6.07, 6.45) is 8.34. The highest BCUT2D eigenvalue weighted by Gasteiger charge is 2.50. The topological polar surface area (TPSA) is 23.8 Å². The van der Waals surface area contributed by atoms with E-state index < -0.39 is 0 Å². The fourth-order valence-corrected chi connectivity index (χ4v) is 4.86. The molecule has 0 aromatic heterocycles. The highest BCUT2D eigenvalue weighted by Crippen LogP contribution is 2.60. The van der Waals surface area contributed by atoms with Gasteiger partial charge in [0.1, 0.15) is 0 Å². The second-order valence-electron chi connectivity index (χ2n) is 7.12. The Hall–Kier alpha value is -0.770. The number of nitrogens with zero attached hydrogens (tertiary/aromatic N) is 1. The molecule has 0 aromatic carbocycles. The van der Waals surface area contributed by atoms with E-state index in [2.05, 4.69) is 33.8 Å². The van der Waals surface area contributed by atoms with Crippen molar-refractivity contribution in [3.63, 3.8) is 0 Å². The van der Waals surface area contributed by atoms with E-state index in [-0.39, 0.29) is 7.43 Å². The third-order valence-electron chi connectivity index (χ3n) is 5.76. The fourth-order valence-electron chi connectivity index (χ4n) is 4.86. The lowest BCUT2D eigenvalue weighted by molar-refractivity contribution is 0.0111. The van der Waals surface area contributed by atoms with E-state index >= 15 is 0 Å². The summed E-state index contributed by atoms with van der Waals surface area (Å²) in [6.45, 7) is 9.58. The molecule has 1 fully saturated rings. The minimum absolute atomic E-state index is 0. The number of fused-ring (bicyclic) bond motifs is 1. The van der Waals surface area contributed by atoms with E-state index in [1.165, 1.54) is 37.7 Å². The molecule has 0 aliphatic heterocycles. The van der Waals surface area contributed by atoms with Crippen molar-refractivity contribution in [3.8, 4) is 6.07 Å². The molecule has 1 nitrogen and oxygen atoms in total. The van der Waals surface area contributed by atoms with Gasteiger partial charge < -0.3 is 0 Å². The van der Waals surface area contributed by atoms with E-state index in [1.807, 2.05) is 0 Å². The van der Waals surface area contributed by atoms with Crippen LogP contribution in [0.1, 0.15) is 80.1 Å². The zero-order valence-corrected chi connectivity index (χ0v) is 12.5. The third kappa shape index (κ3) is 2.60. The van der Waals surface area contributed by atoms with Crippen LogP contribution < -0.4 is 0 Å². The number of hydrogen-bond acceptors (Lipinski definition) is 1. The fraction of sp³-hybridized carbons (Fsp3) is 0.833. The third-order valence-corrected chi connectivity index (χ3v) is 5.76. The van der Waals surface area contributed by atoms with Gasteiger partial charge in [-0.05, 0) is 48.9 Å². The molecular weight excluding hydrogens is 230 g/mol. The smallest absolute Gasteiger partial charge is 0.0666 e. The molecule has 19 heavy (non-hydrogen) atoms. The largest absolute Gasteiger partial charge is 0.198 e. The Labute approximate surface area is 120 Å². The van der Waals surface area contributed by atoms with Gasteiger partial charge >= 0.3 is 0 Å². The van der Waals surface area contributed by atoms with Crippen LogP contribution in [0.2, 0.25) is 0 Å². The first-order valence-corrected chi connectivity index (χ1v) is 7.54. The lowest BCUT2D eigenvalue weighted by Crippen LogP contribution is -2.45. The van der Waals surface area contributed by atoms with Gasteiger partial charge in [0.2, 0.25) is 0 Å². The predicted molar refractivity (Wildman–Crippen MR) is 82.7 cm³/mol. The normalized spacial score (nSPS) is 33.1. The Bertz CT molecular complexity index is 396. The van der Waals surface area contributed by atoms with Gasteiger partial charge in [0, 0.05) is 0 Å². The summed E-state index contributed by atoms with van der Waals surface area (Å²) in [5, 5.41) is 9.18. The van der Waals surface area contributed by atoms with Crippen LogP contribution >= 0.6 is 0 Å². The van der Waals surface area contributed by atoms with Crippen molar-refractivity contribution >= 4 is 0 Å². The Morgan fingerprint density at radius 2 is 1.95 bits per heavy atom. The SMILES string of the molecule is C.CCC1=C(CC#N)C2(C)CCCC(C)(C)C2CC1. The Balaban J connectivity index is 0.00000180. The first-order valence-electron chi connectivity index (χ1n) is 7.54. The molecule has 2 atom stereocenters. The van der Waals surface area contributed by atoms with Crippen LogP contribution in [0.15, 0.2) is 11.1 Å². The predicted octanol–water partition coefficient (Wildman–Crippen LogP) is 5.87. The summed E-state index contributed by atoms with van der Waals surface area (Å²) >= 11 is 0. The molecule has 2 unspecified atom stereocenters. The van der Waals surface area contributed by atoms with Gasteiger partial charge in [-0.25, -0.2) is 0 Å². The van der Waals surface area contributed by atoms with Gasteiger partial charge in [-0.15, -0.1) is 0 Å². The summed E-state index contributed by atoms with van der Waals surface area (Å²) in [6, 6.07) is 2.43. The molecule has 1 saturated carbocycles. The molecule has 1 heteroatoms. The van der Waals surface area contributed by atoms with Gasteiger partial charge in [0.15, 0.2) is 0 Å². The molecule has 2 aliphatic rings. The Morgan fingerprint density at radius 1 is 1.26 bits per heavy atom. The molecule has 0 bridgehead atoms. The maximum atomic E-state index is 9.18. The number of hydrogen-bond donors (Lipinski definition) is 0. The summed E-state index contributed by atoms with van der Waals surface area (Å²) < 4.78 is 0. The summed E-state index contributed by atoms with van der Waals surface area (Å²) in [5.74, 6) is 0.775. The second kappa shape index (κ2) is 5.70. The van der Waals surface area contributed by atoms with Crippen LogP contribution in [0, 0.1) is 28.1 Å². The first-order chi connectivity index (χ1) is 8.45. The van der Waals surface area contributed by atoms with Gasteiger partial charge in [-0.2, -0.15) is 5.26 Å². The average Bonchev–Trinajstić information content (AvgIpc) is 2.30. The second-order valence-corrected chi connectivity index (χ2v) is 7.12. The van der Waals surface area contributed by atoms with Crippen molar-refractivity contribution in [1.29, 1.82) is 5.26 Å². The van der Waals surface area contributed by atoms with Gasteiger partial charge in [0.25, 0.3) is 0 Å². The minimum atomic E-state index is 0. The lowest BCUT2D eigenvalue weighted by atomic mass is 9.50. The van der Waals surface area contributed by atoms with Crippen molar-refractivity contribution in [2.24, 2.45) is 16.7 Å². The molecule has 0 heterocycles. The number of rotatable bonds is 2. The summed E-state index contributed by atoms with van der Waals surface area (Å²) in [5.41, 5.74) is 3.86. The van der Waals surface area contributed by atoms with E-state index in [4.69, 9.17) is 0 Å². The maximum absolute atomic E-state index is 9.18. The molecule has 0 spiro atoms. The minimum Gasteiger partial charge on any atom is -0.198 e. The summed E-state index contributed by atoms with van der Waals surface area (Å²) in [4.78, 5) is 0. The van der Waals surface area contributed by atoms with Crippen LogP contribution in [-0.4, -0.2) is 0 Å². The summed E-state index contributed by atoms with van der Waals surface area (Å²) in [7, 11) is 0. The number of allylic oxidation sites excluding steroid dienone is 2. The number of nitriles is 1. The van der Waals surface area contributed by atoms with Gasteiger partial charge in [0.05, 0.1) is 12.5 Å². The van der Waals surface area contributed by atoms with Crippen LogP contribution in [0.4, 0.5) is 0 Å². The molecule has 0 amide bonds. The molecule has 2 aliphatic carbocycles. The van der Waals surface area contributed by atoms with Gasteiger partial charge in [-0.1, -0.05) is 52.7 Å². The van der Waals surface area contributed by atoms with Crippen molar-refractivity contribution in [2.75, 3.05) is 0 Å². The molecule has 0 saturated heterocycles. The van der Waals surface area contributed by atoms with Crippen molar-refractivity contribution in [3.05, 3.63) is 11.1 Å². The highest BCUT2D eigenvalue weighted by atomic mass is 14.5. The van der Waals surface area contributed by atoms with E-state index in [0.29, 0.717) is 17.3 Å². The Kier molecular flexibility index (Phi) is 4.88. The molecule has 108 valence electrons. The molecule has 2 rings (SSSR count). The highest BCUT2D eigenvalue weighted by molar-refractivity contribution is 5.30. The van der Waals surface area contributed by atoms with Crippen LogP contribution in [-0.2, 0) is 0 Å². The maximum Gasteiger partial charge on any atom is 0.0666 e. The monoisotopic (exact) mass is 261 g/mol. The standard InChI is InChI=1S/C17H27N.CH4/c1-5-13-7-8-15-16(2,3)10-6-11-17(15,4)14(13)9-12-18;/h15H,5-11H2,1-4H3;1H4.